The summed E-state index contributed by atoms with van der Waals surface area (Å²) in [5.74, 6) is 0.802. The van der Waals surface area contributed by atoms with Crippen LogP contribution in [0.3, 0.4) is 0 Å². The molecule has 3 heteroatoms. The molecule has 2 aromatic rings. The molecule has 1 aromatic carbocycles. The van der Waals surface area contributed by atoms with Gasteiger partial charge in [-0.2, -0.15) is 0 Å². The van der Waals surface area contributed by atoms with Crippen molar-refractivity contribution in [3.05, 3.63) is 98.5 Å². The van der Waals surface area contributed by atoms with Gasteiger partial charge in [0.05, 0.1) is 0 Å². The molecule has 0 aliphatic heterocycles. The second-order valence-corrected chi connectivity index (χ2v) is 8.78. The highest BCUT2D eigenvalue weighted by Gasteiger charge is 2.46. The number of hydrogen-bond acceptors (Lipinski definition) is 2. The second kappa shape index (κ2) is 8.06. The van der Waals surface area contributed by atoms with Gasteiger partial charge in [-0.3, -0.25) is 9.79 Å². The van der Waals surface area contributed by atoms with E-state index in [-0.39, 0.29) is 11.5 Å². The van der Waals surface area contributed by atoms with Crippen LogP contribution in [0.25, 0.3) is 6.08 Å². The molecular formula is C27H30N2O. The Kier molecular flexibility index (Phi) is 5.46. The zero-order valence-electron chi connectivity index (χ0n) is 18.3. The minimum absolute atomic E-state index is 0.0412. The number of aliphatic imine (C=N–C) groups is 1. The standard InChI is InChI=1S/C27H30N2O/c1-5-23-22-14-19(4)17-27(23,24-11-12-26(30)29-25(24)16-22)28-13-7-9-20-8-6-10-21(15-20)18(2)3/h5-15,18,22H,16-17H2,1-4H3,(H,29,30)/b9-7+,23-5+,28-13+. The molecule has 0 spiro atoms. The summed E-state index contributed by atoms with van der Waals surface area (Å²) in [6.07, 6.45) is 12.3. The van der Waals surface area contributed by atoms with E-state index >= 15 is 0 Å². The Balaban J connectivity index is 1.73. The fraction of sp³-hybridized carbons (Fsp3) is 0.333. The van der Waals surface area contributed by atoms with Gasteiger partial charge < -0.3 is 4.98 Å². The van der Waals surface area contributed by atoms with Gasteiger partial charge in [-0.1, -0.05) is 61.9 Å². The first kappa shape index (κ1) is 20.3. The van der Waals surface area contributed by atoms with Gasteiger partial charge >= 0.3 is 0 Å². The molecule has 1 heterocycles. The summed E-state index contributed by atoms with van der Waals surface area (Å²) in [7, 11) is 0. The first-order valence-corrected chi connectivity index (χ1v) is 10.8. The Labute approximate surface area is 179 Å². The molecule has 154 valence electrons. The number of H-pyrrole nitrogens is 1. The van der Waals surface area contributed by atoms with Crippen LogP contribution in [-0.4, -0.2) is 11.2 Å². The van der Waals surface area contributed by atoms with E-state index in [2.05, 4.69) is 75.2 Å². The molecule has 0 amide bonds. The van der Waals surface area contributed by atoms with Crippen LogP contribution in [-0.2, 0) is 12.0 Å². The van der Waals surface area contributed by atoms with E-state index in [0.717, 1.165) is 24.1 Å². The molecule has 0 saturated carbocycles. The minimum Gasteiger partial charge on any atom is -0.326 e. The first-order chi connectivity index (χ1) is 14.4. The third-order valence-electron chi connectivity index (χ3n) is 6.33. The fourth-order valence-electron chi connectivity index (χ4n) is 5.00. The number of pyridine rings is 1. The largest absolute Gasteiger partial charge is 0.326 e. The molecule has 4 rings (SSSR count). The van der Waals surface area contributed by atoms with Gasteiger partial charge in [-0.15, -0.1) is 0 Å². The zero-order chi connectivity index (χ0) is 21.3. The summed E-state index contributed by atoms with van der Waals surface area (Å²) >= 11 is 0. The normalized spacial score (nSPS) is 24.6. The zero-order valence-corrected chi connectivity index (χ0v) is 18.3. The number of aromatic nitrogens is 1. The molecule has 1 aromatic heterocycles. The lowest BCUT2D eigenvalue weighted by atomic mass is 9.63. The summed E-state index contributed by atoms with van der Waals surface area (Å²) in [4.78, 5) is 20.1. The first-order valence-electron chi connectivity index (χ1n) is 10.8. The molecule has 2 aliphatic rings. The number of hydrogen-bond donors (Lipinski definition) is 1. The van der Waals surface area contributed by atoms with E-state index in [1.54, 1.807) is 6.07 Å². The molecule has 1 N–H and O–H groups in total. The Bertz CT molecular complexity index is 1130. The number of benzene rings is 1. The van der Waals surface area contributed by atoms with Gasteiger partial charge in [0.15, 0.2) is 0 Å². The van der Waals surface area contributed by atoms with Crippen LogP contribution in [0.5, 0.6) is 0 Å². The topological polar surface area (TPSA) is 45.2 Å². The van der Waals surface area contributed by atoms with E-state index < -0.39 is 5.54 Å². The second-order valence-electron chi connectivity index (χ2n) is 8.78. The highest BCUT2D eigenvalue weighted by atomic mass is 16.1. The Morgan fingerprint density at radius 1 is 1.23 bits per heavy atom. The van der Waals surface area contributed by atoms with Crippen molar-refractivity contribution in [2.45, 2.75) is 52.0 Å². The van der Waals surface area contributed by atoms with Crippen molar-refractivity contribution >= 4 is 12.3 Å². The lowest BCUT2D eigenvalue weighted by Gasteiger charge is -2.45. The number of aromatic amines is 1. The Morgan fingerprint density at radius 2 is 2.07 bits per heavy atom. The van der Waals surface area contributed by atoms with Crippen LogP contribution in [0, 0.1) is 5.92 Å². The lowest BCUT2D eigenvalue weighted by molar-refractivity contribution is 0.413. The van der Waals surface area contributed by atoms with Crippen LogP contribution < -0.4 is 5.56 Å². The number of allylic oxidation sites excluding steroid dienone is 3. The van der Waals surface area contributed by atoms with Crippen molar-refractivity contribution in [3.8, 4) is 0 Å². The molecule has 2 bridgehead atoms. The van der Waals surface area contributed by atoms with Crippen molar-refractivity contribution in [1.82, 2.24) is 4.98 Å². The van der Waals surface area contributed by atoms with Crippen molar-refractivity contribution in [1.29, 1.82) is 0 Å². The molecule has 3 nitrogen and oxygen atoms in total. The van der Waals surface area contributed by atoms with Crippen LogP contribution >= 0.6 is 0 Å². The predicted octanol–water partition coefficient (Wildman–Crippen LogP) is 5.95. The summed E-state index contributed by atoms with van der Waals surface area (Å²) < 4.78 is 0. The number of fused-ring (bicyclic) bond motifs is 4. The van der Waals surface area contributed by atoms with Crippen LogP contribution in [0.1, 0.15) is 62.4 Å². The number of nitrogens with zero attached hydrogens (tertiary/aromatic N) is 1. The Hall–Kier alpha value is -2.94. The van der Waals surface area contributed by atoms with Gasteiger partial charge in [0.2, 0.25) is 5.56 Å². The third kappa shape index (κ3) is 3.65. The average molecular weight is 399 g/mol. The van der Waals surface area contributed by atoms with Gasteiger partial charge in [-0.25, -0.2) is 0 Å². The van der Waals surface area contributed by atoms with Gasteiger partial charge in [0.1, 0.15) is 5.54 Å². The van der Waals surface area contributed by atoms with E-state index in [4.69, 9.17) is 4.99 Å². The molecule has 0 radical (unpaired) electrons. The number of nitrogens with one attached hydrogen (secondary N) is 1. The minimum atomic E-state index is -0.430. The van der Waals surface area contributed by atoms with Crippen molar-refractivity contribution in [2.24, 2.45) is 10.9 Å². The van der Waals surface area contributed by atoms with Gasteiger partial charge in [-0.05, 0) is 55.0 Å². The Morgan fingerprint density at radius 3 is 2.83 bits per heavy atom. The van der Waals surface area contributed by atoms with Crippen LogP contribution in [0.2, 0.25) is 0 Å². The van der Waals surface area contributed by atoms with E-state index in [1.165, 1.54) is 22.3 Å². The fourth-order valence-corrected chi connectivity index (χ4v) is 5.00. The summed E-state index contributed by atoms with van der Waals surface area (Å²) in [6, 6.07) is 12.2. The summed E-state index contributed by atoms with van der Waals surface area (Å²) in [6.45, 7) is 8.71. The molecular weight excluding hydrogens is 368 g/mol. The summed E-state index contributed by atoms with van der Waals surface area (Å²) in [5.41, 5.74) is 6.89. The quantitative estimate of drug-likeness (QED) is 0.502. The lowest BCUT2D eigenvalue weighted by Crippen LogP contribution is -2.40. The monoisotopic (exact) mass is 398 g/mol. The number of rotatable bonds is 4. The van der Waals surface area contributed by atoms with E-state index in [9.17, 15) is 4.79 Å². The highest BCUT2D eigenvalue weighted by Crippen LogP contribution is 2.51. The van der Waals surface area contributed by atoms with Crippen molar-refractivity contribution in [2.75, 3.05) is 0 Å². The van der Waals surface area contributed by atoms with Crippen LogP contribution in [0.15, 0.2) is 75.6 Å². The van der Waals surface area contributed by atoms with Crippen molar-refractivity contribution < 1.29 is 0 Å². The maximum atomic E-state index is 11.9. The van der Waals surface area contributed by atoms with E-state index in [1.807, 2.05) is 18.4 Å². The average Bonchev–Trinajstić information content (AvgIpc) is 2.70. The molecule has 2 atom stereocenters. The van der Waals surface area contributed by atoms with E-state index in [0.29, 0.717) is 5.92 Å². The highest BCUT2D eigenvalue weighted by molar-refractivity contribution is 5.79. The summed E-state index contributed by atoms with van der Waals surface area (Å²) in [5, 5.41) is 0. The maximum absolute atomic E-state index is 11.9. The van der Waals surface area contributed by atoms with Crippen molar-refractivity contribution in [3.63, 3.8) is 0 Å². The SMILES string of the molecule is C/C=C1\C2C=C(C)CC1(/N=C/C=C/c1cccc(C(C)C)c1)c1ccc(=O)[nH]c1C2. The molecule has 2 unspecified atom stereocenters. The maximum Gasteiger partial charge on any atom is 0.248 e. The van der Waals surface area contributed by atoms with Crippen LogP contribution in [0.4, 0.5) is 0 Å². The van der Waals surface area contributed by atoms with Gasteiger partial charge in [0.25, 0.3) is 0 Å². The predicted molar refractivity (Wildman–Crippen MR) is 126 cm³/mol. The molecule has 2 aliphatic carbocycles. The molecule has 0 saturated heterocycles. The third-order valence-corrected chi connectivity index (χ3v) is 6.33. The van der Waals surface area contributed by atoms with Gasteiger partial charge in [0, 0.05) is 35.9 Å². The molecule has 0 fully saturated rings. The smallest absolute Gasteiger partial charge is 0.248 e. The molecule has 30 heavy (non-hydrogen) atoms.